The van der Waals surface area contributed by atoms with Crippen LogP contribution in [0.1, 0.15) is 0 Å². The lowest BCUT2D eigenvalue weighted by Gasteiger charge is -2.26. The van der Waals surface area contributed by atoms with Gasteiger partial charge in [0.15, 0.2) is 0 Å². The highest BCUT2D eigenvalue weighted by atomic mass is 16.3. The maximum Gasteiger partial charge on any atom is 0.143 e. The second kappa shape index (κ2) is 12.6. The van der Waals surface area contributed by atoms with Gasteiger partial charge in [0.05, 0.1) is 0 Å². The molecule has 3 nitrogen and oxygen atoms in total. The minimum atomic E-state index is 0.909. The third-order valence-electron chi connectivity index (χ3n) is 10.9. The number of hydrogen-bond donors (Lipinski definition) is 0. The summed E-state index contributed by atoms with van der Waals surface area (Å²) in [5.41, 5.74) is 13.9. The molecule has 0 fully saturated rings. The fraction of sp³-hybridized carbons (Fsp3) is 0. The standard InChI is InChI=1S/C52H33NO2/c1-2-9-40(10-3-1)53(42-30-25-37(26-31-42)43-13-8-14-45-44-11-4-6-15-48(44)55-52(43)45)41-28-23-35(24-29-41)34-17-19-36(20-18-34)39-22-21-38-27-32-50-51(47(38)33-39)46-12-5-7-16-49(46)54-50/h1-33H. The van der Waals surface area contributed by atoms with E-state index in [-0.39, 0.29) is 0 Å². The summed E-state index contributed by atoms with van der Waals surface area (Å²) in [6, 6.07) is 70.9. The van der Waals surface area contributed by atoms with Gasteiger partial charge in [-0.1, -0.05) is 140 Å². The summed E-state index contributed by atoms with van der Waals surface area (Å²) in [5, 5.41) is 7.02. The molecular formula is C52H33NO2. The minimum absolute atomic E-state index is 0.909. The van der Waals surface area contributed by atoms with E-state index in [0.29, 0.717) is 0 Å². The van der Waals surface area contributed by atoms with Crippen LogP contribution < -0.4 is 4.90 Å². The molecule has 0 bridgehead atoms. The highest BCUT2D eigenvalue weighted by Crippen LogP contribution is 2.40. The molecule has 0 amide bonds. The third-order valence-corrected chi connectivity index (χ3v) is 10.9. The van der Waals surface area contributed by atoms with Crippen LogP contribution in [-0.2, 0) is 0 Å². The lowest BCUT2D eigenvalue weighted by atomic mass is 9.96. The van der Waals surface area contributed by atoms with Crippen LogP contribution in [0.25, 0.3) is 88.0 Å². The molecule has 0 aliphatic rings. The molecule has 258 valence electrons. The second-order valence-corrected chi connectivity index (χ2v) is 14.1. The van der Waals surface area contributed by atoms with E-state index in [1.54, 1.807) is 0 Å². The monoisotopic (exact) mass is 703 g/mol. The van der Waals surface area contributed by atoms with Gasteiger partial charge in [-0.05, 0) is 99.3 Å². The van der Waals surface area contributed by atoms with E-state index in [4.69, 9.17) is 8.83 Å². The zero-order chi connectivity index (χ0) is 36.3. The van der Waals surface area contributed by atoms with Crippen LogP contribution in [0.4, 0.5) is 17.1 Å². The van der Waals surface area contributed by atoms with Crippen molar-refractivity contribution in [3.05, 3.63) is 200 Å². The summed E-state index contributed by atoms with van der Waals surface area (Å²) in [6.45, 7) is 0. The minimum Gasteiger partial charge on any atom is -0.456 e. The zero-order valence-corrected chi connectivity index (χ0v) is 29.8. The van der Waals surface area contributed by atoms with Crippen molar-refractivity contribution in [3.63, 3.8) is 0 Å². The predicted octanol–water partition coefficient (Wildman–Crippen LogP) is 15.1. The van der Waals surface area contributed by atoms with Gasteiger partial charge in [0, 0.05) is 44.2 Å². The van der Waals surface area contributed by atoms with Gasteiger partial charge in [-0.2, -0.15) is 0 Å². The molecule has 9 aromatic carbocycles. The van der Waals surface area contributed by atoms with Crippen molar-refractivity contribution in [1.82, 2.24) is 0 Å². The number of nitrogens with zero attached hydrogens (tertiary/aromatic N) is 1. The Morgan fingerprint density at radius 3 is 1.56 bits per heavy atom. The molecule has 0 spiro atoms. The molecular weight excluding hydrogens is 671 g/mol. The Bertz CT molecular complexity index is 3170. The smallest absolute Gasteiger partial charge is 0.143 e. The molecule has 55 heavy (non-hydrogen) atoms. The molecule has 11 aromatic rings. The van der Waals surface area contributed by atoms with Crippen molar-refractivity contribution < 1.29 is 8.83 Å². The third kappa shape index (κ3) is 5.28. The Kier molecular flexibility index (Phi) is 7.17. The largest absolute Gasteiger partial charge is 0.456 e. The average Bonchev–Trinajstić information content (AvgIpc) is 3.84. The maximum atomic E-state index is 6.36. The van der Waals surface area contributed by atoms with Crippen molar-refractivity contribution in [2.24, 2.45) is 0 Å². The van der Waals surface area contributed by atoms with Crippen LogP contribution in [-0.4, -0.2) is 0 Å². The highest BCUT2D eigenvalue weighted by Gasteiger charge is 2.16. The first-order valence-electron chi connectivity index (χ1n) is 18.7. The fourth-order valence-electron chi connectivity index (χ4n) is 8.17. The molecule has 0 aliphatic heterocycles. The number of benzene rings is 9. The van der Waals surface area contributed by atoms with E-state index in [9.17, 15) is 0 Å². The van der Waals surface area contributed by atoms with Crippen molar-refractivity contribution in [2.75, 3.05) is 4.90 Å². The summed E-state index contributed by atoms with van der Waals surface area (Å²) in [5.74, 6) is 0. The lowest BCUT2D eigenvalue weighted by Crippen LogP contribution is -2.09. The Labute approximate surface area is 317 Å². The van der Waals surface area contributed by atoms with E-state index in [1.807, 2.05) is 24.3 Å². The normalized spacial score (nSPS) is 11.6. The summed E-state index contributed by atoms with van der Waals surface area (Å²) < 4.78 is 12.5. The zero-order valence-electron chi connectivity index (χ0n) is 29.8. The van der Waals surface area contributed by atoms with Gasteiger partial charge in [-0.25, -0.2) is 0 Å². The number of furan rings is 2. The van der Waals surface area contributed by atoms with Crippen molar-refractivity contribution in [2.45, 2.75) is 0 Å². The van der Waals surface area contributed by atoms with E-state index < -0.39 is 0 Å². The van der Waals surface area contributed by atoms with E-state index >= 15 is 0 Å². The van der Waals surface area contributed by atoms with Gasteiger partial charge in [0.2, 0.25) is 0 Å². The molecule has 0 aliphatic carbocycles. The molecule has 0 radical (unpaired) electrons. The van der Waals surface area contributed by atoms with Crippen molar-refractivity contribution >= 4 is 71.7 Å². The fourth-order valence-corrected chi connectivity index (χ4v) is 8.17. The summed E-state index contributed by atoms with van der Waals surface area (Å²) >= 11 is 0. The molecule has 3 heteroatoms. The van der Waals surface area contributed by atoms with E-state index in [2.05, 4.69) is 181 Å². The SMILES string of the molecule is c1ccc(N(c2ccc(-c3ccc(-c4ccc5ccc6oc7ccccc7c6c5c4)cc3)cc2)c2ccc(-c3cccc4c3oc3ccccc34)cc2)cc1. The highest BCUT2D eigenvalue weighted by molar-refractivity contribution is 6.19. The van der Waals surface area contributed by atoms with Gasteiger partial charge in [-0.3, -0.25) is 0 Å². The summed E-state index contributed by atoms with van der Waals surface area (Å²) in [4.78, 5) is 2.30. The molecule has 11 rings (SSSR count). The van der Waals surface area contributed by atoms with Crippen LogP contribution in [0, 0.1) is 0 Å². The average molecular weight is 704 g/mol. The maximum absolute atomic E-state index is 6.36. The van der Waals surface area contributed by atoms with Crippen LogP contribution in [0.5, 0.6) is 0 Å². The van der Waals surface area contributed by atoms with Gasteiger partial charge in [-0.15, -0.1) is 0 Å². The Morgan fingerprint density at radius 2 is 0.836 bits per heavy atom. The molecule has 0 N–H and O–H groups in total. The quantitative estimate of drug-likeness (QED) is 0.173. The molecule has 0 saturated carbocycles. The summed E-state index contributed by atoms with van der Waals surface area (Å²) in [7, 11) is 0. The van der Waals surface area contributed by atoms with Crippen LogP contribution in [0.3, 0.4) is 0 Å². The van der Waals surface area contributed by atoms with Gasteiger partial charge in [0.1, 0.15) is 22.3 Å². The topological polar surface area (TPSA) is 29.5 Å². The lowest BCUT2D eigenvalue weighted by molar-refractivity contribution is 0.669. The Hall–Kier alpha value is -7.36. The molecule has 0 unspecified atom stereocenters. The number of fused-ring (bicyclic) bond motifs is 8. The summed E-state index contributed by atoms with van der Waals surface area (Å²) in [6.07, 6.45) is 0. The number of hydrogen-bond acceptors (Lipinski definition) is 3. The van der Waals surface area contributed by atoms with Crippen molar-refractivity contribution in [1.29, 1.82) is 0 Å². The van der Waals surface area contributed by atoms with Gasteiger partial charge >= 0.3 is 0 Å². The molecule has 0 saturated heterocycles. The Balaban J connectivity index is 0.902. The predicted molar refractivity (Wildman–Crippen MR) is 229 cm³/mol. The molecule has 2 heterocycles. The van der Waals surface area contributed by atoms with E-state index in [0.717, 1.165) is 66.7 Å². The number of para-hydroxylation sites is 4. The second-order valence-electron chi connectivity index (χ2n) is 14.1. The van der Waals surface area contributed by atoms with Gasteiger partial charge < -0.3 is 13.7 Å². The first kappa shape index (κ1) is 31.2. The number of anilines is 3. The number of rotatable bonds is 6. The van der Waals surface area contributed by atoms with Crippen LogP contribution in [0.2, 0.25) is 0 Å². The first-order chi connectivity index (χ1) is 27.2. The molecule has 2 aromatic heterocycles. The first-order valence-corrected chi connectivity index (χ1v) is 18.7. The molecule has 0 atom stereocenters. The van der Waals surface area contributed by atoms with Crippen LogP contribution >= 0.6 is 0 Å². The van der Waals surface area contributed by atoms with Crippen LogP contribution in [0.15, 0.2) is 209 Å². The van der Waals surface area contributed by atoms with Gasteiger partial charge in [0.25, 0.3) is 0 Å². The Morgan fingerprint density at radius 1 is 0.309 bits per heavy atom. The van der Waals surface area contributed by atoms with Crippen molar-refractivity contribution in [3.8, 4) is 33.4 Å². The van der Waals surface area contributed by atoms with E-state index in [1.165, 1.54) is 38.4 Å².